The van der Waals surface area contributed by atoms with Crippen LogP contribution in [0.1, 0.15) is 12.8 Å². The van der Waals surface area contributed by atoms with Crippen molar-refractivity contribution in [2.45, 2.75) is 18.9 Å². The van der Waals surface area contributed by atoms with Gasteiger partial charge in [0.1, 0.15) is 0 Å². The summed E-state index contributed by atoms with van der Waals surface area (Å²) in [5, 5.41) is 0. The second kappa shape index (κ2) is 9.49. The van der Waals surface area contributed by atoms with Crippen molar-refractivity contribution in [1.82, 2.24) is 9.80 Å². The van der Waals surface area contributed by atoms with Gasteiger partial charge in [0.2, 0.25) is 0 Å². The fourth-order valence-corrected chi connectivity index (χ4v) is 2.64. The summed E-state index contributed by atoms with van der Waals surface area (Å²) in [6, 6.07) is 7.35. The molecule has 1 amide bonds. The minimum atomic E-state index is -0.0294. The van der Waals surface area contributed by atoms with Gasteiger partial charge in [0.25, 0.3) is 5.91 Å². The second-order valence-corrected chi connectivity index (χ2v) is 6.22. The molecule has 6 nitrogen and oxygen atoms in total. The molecule has 2 rings (SSSR count). The minimum absolute atomic E-state index is 0.000518. The largest absolute Gasteiger partial charge is 0.493 e. The number of hydrogen-bond acceptors (Lipinski definition) is 5. The van der Waals surface area contributed by atoms with E-state index in [1.807, 2.05) is 37.2 Å². The highest BCUT2D eigenvalue weighted by Crippen LogP contribution is 2.25. The first-order valence-electron chi connectivity index (χ1n) is 8.40. The van der Waals surface area contributed by atoms with Gasteiger partial charge in [0.05, 0.1) is 13.2 Å². The zero-order chi connectivity index (χ0) is 17.4. The van der Waals surface area contributed by atoms with Gasteiger partial charge >= 0.3 is 0 Å². The Morgan fingerprint density at radius 1 is 1.25 bits per heavy atom. The number of para-hydroxylation sites is 2. The summed E-state index contributed by atoms with van der Waals surface area (Å²) >= 11 is 0. The van der Waals surface area contributed by atoms with Crippen LogP contribution in [-0.4, -0.2) is 75.9 Å². The molecule has 24 heavy (non-hydrogen) atoms. The fraction of sp³-hybridized carbons (Fsp3) is 0.611. The van der Waals surface area contributed by atoms with Crippen LogP contribution in [0, 0.1) is 0 Å². The monoisotopic (exact) mass is 336 g/mol. The van der Waals surface area contributed by atoms with E-state index in [9.17, 15) is 4.79 Å². The first kappa shape index (κ1) is 18.5. The van der Waals surface area contributed by atoms with E-state index in [1.165, 1.54) is 0 Å². The minimum Gasteiger partial charge on any atom is -0.493 e. The van der Waals surface area contributed by atoms with Crippen molar-refractivity contribution >= 4 is 5.91 Å². The molecule has 1 unspecified atom stereocenters. The van der Waals surface area contributed by atoms with E-state index in [-0.39, 0.29) is 18.6 Å². The van der Waals surface area contributed by atoms with Crippen molar-refractivity contribution in [3.05, 3.63) is 24.3 Å². The van der Waals surface area contributed by atoms with E-state index in [0.717, 1.165) is 26.0 Å². The summed E-state index contributed by atoms with van der Waals surface area (Å²) < 4.78 is 16.6. The van der Waals surface area contributed by atoms with Crippen LogP contribution in [0.15, 0.2) is 24.3 Å². The van der Waals surface area contributed by atoms with E-state index >= 15 is 0 Å². The van der Waals surface area contributed by atoms with Crippen molar-refractivity contribution in [1.29, 1.82) is 0 Å². The predicted octanol–water partition coefficient (Wildman–Crippen LogP) is 1.64. The molecule has 1 heterocycles. The molecule has 1 fully saturated rings. The van der Waals surface area contributed by atoms with Gasteiger partial charge in [-0.25, -0.2) is 0 Å². The third kappa shape index (κ3) is 5.69. The smallest absolute Gasteiger partial charge is 0.260 e. The lowest BCUT2D eigenvalue weighted by atomic mass is 10.2. The maximum absolute atomic E-state index is 12.6. The molecular weight excluding hydrogens is 308 g/mol. The fourth-order valence-electron chi connectivity index (χ4n) is 2.64. The van der Waals surface area contributed by atoms with Crippen LogP contribution in [0.2, 0.25) is 0 Å². The Morgan fingerprint density at radius 3 is 2.62 bits per heavy atom. The molecule has 1 aliphatic heterocycles. The van der Waals surface area contributed by atoms with Crippen molar-refractivity contribution in [2.24, 2.45) is 0 Å². The van der Waals surface area contributed by atoms with E-state index in [2.05, 4.69) is 4.90 Å². The number of hydrogen-bond donors (Lipinski definition) is 0. The Labute approximate surface area is 144 Å². The van der Waals surface area contributed by atoms with Crippen molar-refractivity contribution in [2.75, 3.05) is 54.1 Å². The average molecular weight is 336 g/mol. The standard InChI is InChI=1S/C18H28N2O4/c1-19(2)10-11-20(13-15-7-6-12-23-15)18(21)14-24-17-9-5-4-8-16(17)22-3/h4-5,8-9,15H,6-7,10-14H2,1-3H3. The highest BCUT2D eigenvalue weighted by molar-refractivity contribution is 5.78. The molecule has 134 valence electrons. The summed E-state index contributed by atoms with van der Waals surface area (Å²) in [7, 11) is 5.59. The molecule has 6 heteroatoms. The Morgan fingerprint density at radius 2 is 2.00 bits per heavy atom. The summed E-state index contributed by atoms with van der Waals surface area (Å²) in [6.07, 6.45) is 2.22. The van der Waals surface area contributed by atoms with Gasteiger partial charge in [-0.3, -0.25) is 4.79 Å². The summed E-state index contributed by atoms with van der Waals surface area (Å²) in [5.74, 6) is 1.18. The highest BCUT2D eigenvalue weighted by atomic mass is 16.5. The number of ether oxygens (including phenoxy) is 3. The summed E-state index contributed by atoms with van der Waals surface area (Å²) in [5.41, 5.74) is 0. The number of carbonyl (C=O) groups excluding carboxylic acids is 1. The first-order chi connectivity index (χ1) is 11.6. The Kier molecular flexibility index (Phi) is 7.34. The molecule has 0 aliphatic carbocycles. The van der Waals surface area contributed by atoms with Crippen LogP contribution in [0.3, 0.4) is 0 Å². The molecule has 0 bridgehead atoms. The zero-order valence-electron chi connectivity index (χ0n) is 14.9. The third-order valence-corrected chi connectivity index (χ3v) is 4.04. The van der Waals surface area contributed by atoms with Gasteiger partial charge in [0.15, 0.2) is 18.1 Å². The van der Waals surface area contributed by atoms with Gasteiger partial charge in [-0.2, -0.15) is 0 Å². The molecule has 0 aromatic heterocycles. The van der Waals surface area contributed by atoms with Crippen LogP contribution >= 0.6 is 0 Å². The number of methoxy groups -OCH3 is 1. The molecule has 1 aliphatic rings. The van der Waals surface area contributed by atoms with E-state index in [4.69, 9.17) is 14.2 Å². The Bertz CT molecular complexity index is 515. The van der Waals surface area contributed by atoms with Crippen LogP contribution in [0.25, 0.3) is 0 Å². The summed E-state index contributed by atoms with van der Waals surface area (Å²) in [4.78, 5) is 16.5. The Balaban J connectivity index is 1.92. The molecule has 1 aromatic rings. The van der Waals surface area contributed by atoms with Gasteiger partial charge in [-0.15, -0.1) is 0 Å². The van der Waals surface area contributed by atoms with Crippen LogP contribution < -0.4 is 9.47 Å². The average Bonchev–Trinajstić information content (AvgIpc) is 3.09. The molecule has 0 spiro atoms. The van der Waals surface area contributed by atoms with Crippen molar-refractivity contribution in [3.63, 3.8) is 0 Å². The quantitative estimate of drug-likeness (QED) is 0.686. The SMILES string of the molecule is COc1ccccc1OCC(=O)N(CCN(C)C)CC1CCCO1. The maximum atomic E-state index is 12.6. The number of carbonyl (C=O) groups is 1. The van der Waals surface area contributed by atoms with E-state index in [0.29, 0.717) is 24.6 Å². The van der Waals surface area contributed by atoms with Gasteiger partial charge < -0.3 is 24.0 Å². The maximum Gasteiger partial charge on any atom is 0.260 e. The third-order valence-electron chi connectivity index (χ3n) is 4.04. The lowest BCUT2D eigenvalue weighted by Crippen LogP contribution is -2.43. The predicted molar refractivity (Wildman–Crippen MR) is 92.6 cm³/mol. The van der Waals surface area contributed by atoms with Crippen LogP contribution in [0.4, 0.5) is 0 Å². The summed E-state index contributed by atoms with van der Waals surface area (Å²) in [6.45, 7) is 2.90. The molecule has 0 N–H and O–H groups in total. The topological polar surface area (TPSA) is 51.2 Å². The van der Waals surface area contributed by atoms with E-state index < -0.39 is 0 Å². The molecule has 1 aromatic carbocycles. The first-order valence-corrected chi connectivity index (χ1v) is 8.40. The molecular formula is C18H28N2O4. The highest BCUT2D eigenvalue weighted by Gasteiger charge is 2.23. The van der Waals surface area contributed by atoms with Crippen molar-refractivity contribution in [3.8, 4) is 11.5 Å². The van der Waals surface area contributed by atoms with Gasteiger partial charge in [-0.1, -0.05) is 12.1 Å². The number of rotatable bonds is 9. The molecule has 1 atom stereocenters. The number of nitrogens with zero attached hydrogens (tertiary/aromatic N) is 2. The molecule has 1 saturated heterocycles. The Hall–Kier alpha value is -1.79. The van der Waals surface area contributed by atoms with Crippen LogP contribution in [0.5, 0.6) is 11.5 Å². The van der Waals surface area contributed by atoms with E-state index in [1.54, 1.807) is 13.2 Å². The molecule has 0 radical (unpaired) electrons. The van der Waals surface area contributed by atoms with Crippen LogP contribution in [-0.2, 0) is 9.53 Å². The van der Waals surface area contributed by atoms with Gasteiger partial charge in [0, 0.05) is 26.2 Å². The second-order valence-electron chi connectivity index (χ2n) is 6.22. The lowest BCUT2D eigenvalue weighted by molar-refractivity contribution is -0.135. The zero-order valence-corrected chi connectivity index (χ0v) is 14.9. The lowest BCUT2D eigenvalue weighted by Gasteiger charge is -2.27. The van der Waals surface area contributed by atoms with Gasteiger partial charge in [-0.05, 0) is 39.1 Å². The normalized spacial score (nSPS) is 17.1. The number of amides is 1. The molecule has 0 saturated carbocycles. The van der Waals surface area contributed by atoms with Crippen molar-refractivity contribution < 1.29 is 19.0 Å². The number of benzene rings is 1. The number of likely N-dealkylation sites (N-methyl/N-ethyl adjacent to an activating group) is 1.